The fourth-order valence-electron chi connectivity index (χ4n) is 1.76. The molecule has 0 aromatic carbocycles. The molecule has 1 heterocycles. The van der Waals surface area contributed by atoms with E-state index < -0.39 is 0 Å². The number of nitrogens with zero attached hydrogens (tertiary/aromatic N) is 1. The van der Waals surface area contributed by atoms with Crippen LogP contribution in [0.1, 0.15) is 19.8 Å². The number of hydrogen-bond acceptors (Lipinski definition) is 2. The van der Waals surface area contributed by atoms with Gasteiger partial charge in [0.25, 0.3) is 0 Å². The number of esters is 1. The molecule has 0 amide bonds. The molecule has 0 saturated carbocycles. The third kappa shape index (κ3) is 4.13. The summed E-state index contributed by atoms with van der Waals surface area (Å²) in [6.07, 6.45) is 1.96. The second-order valence-corrected chi connectivity index (χ2v) is 4.41. The van der Waals surface area contributed by atoms with Crippen molar-refractivity contribution in [2.45, 2.75) is 19.8 Å². The van der Waals surface area contributed by atoms with Crippen LogP contribution in [0, 0.1) is 5.92 Å². The van der Waals surface area contributed by atoms with Gasteiger partial charge in [-0.2, -0.15) is 0 Å². The lowest BCUT2D eigenvalue weighted by Gasteiger charge is -2.36. The van der Waals surface area contributed by atoms with E-state index in [0.717, 1.165) is 30.4 Å². The molecular weight excluding hydrogens is 293 g/mol. The summed E-state index contributed by atoms with van der Waals surface area (Å²) in [5.74, 6) is 0.160. The fourth-order valence-corrected chi connectivity index (χ4v) is 1.76. The van der Waals surface area contributed by atoms with Gasteiger partial charge >= 0.3 is 5.97 Å². The Balaban J connectivity index is 0.00000169. The third-order valence-electron chi connectivity index (χ3n) is 2.79. The summed E-state index contributed by atoms with van der Waals surface area (Å²) in [6.45, 7) is 4.54. The van der Waals surface area contributed by atoms with E-state index in [-0.39, 0.29) is 35.9 Å². The highest BCUT2D eigenvalue weighted by molar-refractivity contribution is 5.72. The van der Waals surface area contributed by atoms with Crippen molar-refractivity contribution in [3.05, 3.63) is 0 Å². The Labute approximate surface area is 103 Å². The van der Waals surface area contributed by atoms with Gasteiger partial charge in [0, 0.05) is 12.8 Å². The largest absolute Gasteiger partial charge is 1.00 e. The molecule has 1 rings (SSSR count). The van der Waals surface area contributed by atoms with Crippen molar-refractivity contribution in [1.29, 1.82) is 0 Å². The molecule has 0 aromatic heterocycles. The summed E-state index contributed by atoms with van der Waals surface area (Å²) in [5.41, 5.74) is 0. The Morgan fingerprint density at radius 1 is 1.36 bits per heavy atom. The van der Waals surface area contributed by atoms with Crippen LogP contribution in [0.15, 0.2) is 0 Å². The van der Waals surface area contributed by atoms with Crippen LogP contribution < -0.4 is 24.0 Å². The fraction of sp³-hybridized carbons (Fsp3) is 0.900. The Morgan fingerprint density at radius 2 is 1.86 bits per heavy atom. The molecule has 4 heteroatoms. The number of carbonyl (C=O) groups is 1. The highest BCUT2D eigenvalue weighted by Gasteiger charge is 2.31. The highest BCUT2D eigenvalue weighted by atomic mass is 127. The molecule has 0 N–H and O–H groups in total. The van der Waals surface area contributed by atoms with Gasteiger partial charge in [0.15, 0.2) is 0 Å². The standard InChI is InChI=1S/C10H20NO2.HI/c1-4-13-10(12)9-5-7-11(2,3)8-6-9;/h9H,4-8H2,1-3H3;1H/q+1;/p-1. The minimum Gasteiger partial charge on any atom is -1.00 e. The average molecular weight is 313 g/mol. The maximum Gasteiger partial charge on any atom is 0.309 e. The molecule has 0 unspecified atom stereocenters. The highest BCUT2D eigenvalue weighted by Crippen LogP contribution is 2.21. The first-order valence-electron chi connectivity index (χ1n) is 5.04. The van der Waals surface area contributed by atoms with E-state index in [1.807, 2.05) is 6.92 Å². The Morgan fingerprint density at radius 3 is 2.29 bits per heavy atom. The third-order valence-corrected chi connectivity index (χ3v) is 2.79. The van der Waals surface area contributed by atoms with Gasteiger partial charge in [-0.15, -0.1) is 0 Å². The number of hydrogen-bond donors (Lipinski definition) is 0. The van der Waals surface area contributed by atoms with Crippen molar-refractivity contribution >= 4 is 5.97 Å². The zero-order valence-electron chi connectivity index (χ0n) is 9.25. The normalized spacial score (nSPS) is 21.1. The van der Waals surface area contributed by atoms with Crippen LogP contribution in [0.25, 0.3) is 0 Å². The Bertz CT molecular complexity index is 185. The first kappa shape index (κ1) is 14.2. The number of piperidine rings is 1. The summed E-state index contributed by atoms with van der Waals surface area (Å²) in [5, 5.41) is 0. The summed E-state index contributed by atoms with van der Waals surface area (Å²) < 4.78 is 6.04. The van der Waals surface area contributed by atoms with Gasteiger partial charge in [-0.25, -0.2) is 0 Å². The van der Waals surface area contributed by atoms with Gasteiger partial charge in [0.05, 0.1) is 39.7 Å². The molecule has 1 aliphatic rings. The van der Waals surface area contributed by atoms with E-state index in [2.05, 4.69) is 14.1 Å². The lowest BCUT2D eigenvalue weighted by Crippen LogP contribution is -3.00. The molecule has 0 radical (unpaired) electrons. The Hall–Kier alpha value is 0.160. The molecule has 84 valence electrons. The van der Waals surface area contributed by atoms with Crippen molar-refractivity contribution < 1.29 is 38.0 Å². The van der Waals surface area contributed by atoms with Crippen molar-refractivity contribution in [2.75, 3.05) is 33.8 Å². The lowest BCUT2D eigenvalue weighted by molar-refractivity contribution is -0.895. The first-order chi connectivity index (χ1) is 6.05. The molecule has 0 aliphatic carbocycles. The lowest BCUT2D eigenvalue weighted by atomic mass is 9.96. The van der Waals surface area contributed by atoms with Crippen LogP contribution in [-0.2, 0) is 9.53 Å². The first-order valence-corrected chi connectivity index (χ1v) is 5.04. The summed E-state index contributed by atoms with van der Waals surface area (Å²) in [4.78, 5) is 11.4. The van der Waals surface area contributed by atoms with Gasteiger partial charge < -0.3 is 33.2 Å². The van der Waals surface area contributed by atoms with E-state index in [1.165, 1.54) is 0 Å². The quantitative estimate of drug-likeness (QED) is 0.336. The van der Waals surface area contributed by atoms with E-state index in [9.17, 15) is 4.79 Å². The van der Waals surface area contributed by atoms with Crippen molar-refractivity contribution in [2.24, 2.45) is 5.92 Å². The molecule has 1 aliphatic heterocycles. The van der Waals surface area contributed by atoms with Gasteiger partial charge in [0.1, 0.15) is 0 Å². The van der Waals surface area contributed by atoms with Crippen LogP contribution in [0.4, 0.5) is 0 Å². The summed E-state index contributed by atoms with van der Waals surface area (Å²) in [7, 11) is 4.42. The zero-order valence-corrected chi connectivity index (χ0v) is 11.4. The average Bonchev–Trinajstić information content (AvgIpc) is 2.04. The monoisotopic (exact) mass is 313 g/mol. The zero-order chi connectivity index (χ0) is 9.90. The number of ether oxygens (including phenoxy) is 1. The van der Waals surface area contributed by atoms with Crippen molar-refractivity contribution in [1.82, 2.24) is 0 Å². The maximum absolute atomic E-state index is 11.4. The smallest absolute Gasteiger partial charge is 0.309 e. The Kier molecular flexibility index (Phi) is 5.97. The molecule has 1 fully saturated rings. The molecule has 0 spiro atoms. The van der Waals surface area contributed by atoms with Crippen LogP contribution in [0.3, 0.4) is 0 Å². The van der Waals surface area contributed by atoms with Crippen LogP contribution >= 0.6 is 0 Å². The SMILES string of the molecule is CCOC(=O)C1CC[N+](C)(C)CC1.[I-]. The molecular formula is C10H20INO2. The number of quaternary nitrogens is 1. The number of rotatable bonds is 2. The van der Waals surface area contributed by atoms with Gasteiger partial charge in [-0.3, -0.25) is 4.79 Å². The minimum absolute atomic E-state index is 0. The van der Waals surface area contributed by atoms with Gasteiger partial charge in [0.2, 0.25) is 0 Å². The molecule has 14 heavy (non-hydrogen) atoms. The predicted octanol–water partition coefficient (Wildman–Crippen LogP) is -1.96. The summed E-state index contributed by atoms with van der Waals surface area (Å²) in [6, 6.07) is 0. The topological polar surface area (TPSA) is 26.3 Å². The molecule has 0 aromatic rings. The molecule has 3 nitrogen and oxygen atoms in total. The van der Waals surface area contributed by atoms with Crippen molar-refractivity contribution in [3.8, 4) is 0 Å². The number of halogens is 1. The van der Waals surface area contributed by atoms with Crippen molar-refractivity contribution in [3.63, 3.8) is 0 Å². The minimum atomic E-state index is 0. The molecule has 1 saturated heterocycles. The second-order valence-electron chi connectivity index (χ2n) is 4.41. The number of likely N-dealkylation sites (tertiary alicyclic amines) is 1. The van der Waals surface area contributed by atoms with Crippen LogP contribution in [0.5, 0.6) is 0 Å². The van der Waals surface area contributed by atoms with E-state index in [1.54, 1.807) is 0 Å². The van der Waals surface area contributed by atoms with E-state index in [0.29, 0.717) is 6.61 Å². The number of carbonyl (C=O) groups excluding carboxylic acids is 1. The van der Waals surface area contributed by atoms with Crippen LogP contribution in [0.2, 0.25) is 0 Å². The van der Waals surface area contributed by atoms with Gasteiger partial charge in [-0.05, 0) is 6.92 Å². The van der Waals surface area contributed by atoms with E-state index >= 15 is 0 Å². The van der Waals surface area contributed by atoms with E-state index in [4.69, 9.17) is 4.74 Å². The summed E-state index contributed by atoms with van der Waals surface area (Å²) >= 11 is 0. The predicted molar refractivity (Wildman–Crippen MR) is 51.2 cm³/mol. The molecule has 0 atom stereocenters. The van der Waals surface area contributed by atoms with Crippen LogP contribution in [-0.4, -0.2) is 44.2 Å². The van der Waals surface area contributed by atoms with Gasteiger partial charge in [-0.1, -0.05) is 0 Å². The second kappa shape index (κ2) is 5.90. The maximum atomic E-state index is 11.4. The molecule has 0 bridgehead atoms.